The molecule has 6 heteroatoms. The van der Waals surface area contributed by atoms with Gasteiger partial charge in [-0.3, -0.25) is 0 Å². The summed E-state index contributed by atoms with van der Waals surface area (Å²) in [7, 11) is 0. The van der Waals surface area contributed by atoms with Crippen LogP contribution in [-0.4, -0.2) is 17.2 Å². The average Bonchev–Trinajstić information content (AvgIpc) is 2.91. The van der Waals surface area contributed by atoms with Crippen LogP contribution in [0.15, 0.2) is 59.8 Å². The number of nitrogens with zero attached hydrogens (tertiary/aromatic N) is 1. The van der Waals surface area contributed by atoms with Crippen molar-refractivity contribution in [3.05, 3.63) is 65.3 Å². The van der Waals surface area contributed by atoms with E-state index in [2.05, 4.69) is 20.8 Å². The Labute approximate surface area is 132 Å². The molecule has 22 heavy (non-hydrogen) atoms. The molecule has 0 aliphatic rings. The van der Waals surface area contributed by atoms with Crippen molar-refractivity contribution in [2.75, 3.05) is 5.32 Å². The van der Waals surface area contributed by atoms with E-state index in [0.29, 0.717) is 10.7 Å². The van der Waals surface area contributed by atoms with E-state index >= 15 is 0 Å². The number of rotatable bonds is 3. The van der Waals surface area contributed by atoms with Crippen LogP contribution in [0.4, 0.5) is 10.5 Å². The number of hydrogen-bond donors (Lipinski definition) is 3. The van der Waals surface area contributed by atoms with Gasteiger partial charge in [-0.15, -0.1) is 0 Å². The van der Waals surface area contributed by atoms with E-state index in [0.717, 1.165) is 16.5 Å². The lowest BCUT2D eigenvalue weighted by atomic mass is 10.2. The predicted molar refractivity (Wildman–Crippen MR) is 89.5 cm³/mol. The van der Waals surface area contributed by atoms with Gasteiger partial charge in [0, 0.05) is 33.4 Å². The summed E-state index contributed by atoms with van der Waals surface area (Å²) in [6.07, 6.45) is 3.43. The van der Waals surface area contributed by atoms with Crippen molar-refractivity contribution < 1.29 is 4.79 Å². The lowest BCUT2D eigenvalue weighted by molar-refractivity contribution is 0.252. The van der Waals surface area contributed by atoms with Crippen molar-refractivity contribution >= 4 is 40.4 Å². The fraction of sp³-hybridized carbons (Fsp3) is 0. The summed E-state index contributed by atoms with van der Waals surface area (Å²) in [6.45, 7) is 0. The van der Waals surface area contributed by atoms with E-state index in [-0.39, 0.29) is 0 Å². The number of hydrazone groups is 1. The highest BCUT2D eigenvalue weighted by atomic mass is 35.5. The minimum Gasteiger partial charge on any atom is -0.361 e. The Morgan fingerprint density at radius 1 is 1.18 bits per heavy atom. The first-order chi connectivity index (χ1) is 10.7. The summed E-state index contributed by atoms with van der Waals surface area (Å²) in [5.74, 6) is 0. The lowest BCUT2D eigenvalue weighted by Crippen LogP contribution is -2.24. The first kappa shape index (κ1) is 14.2. The standard InChI is InChI=1S/C16H13ClN4O/c17-12-4-3-5-13(8-12)20-16(22)21-19-10-11-9-18-15-7-2-1-6-14(11)15/h1-10,18H,(H2,20,21,22)/b19-10-. The molecular weight excluding hydrogens is 300 g/mol. The Bertz CT molecular complexity index is 841. The first-order valence-electron chi connectivity index (χ1n) is 6.64. The maximum Gasteiger partial charge on any atom is 0.339 e. The van der Waals surface area contributed by atoms with Gasteiger partial charge in [0.2, 0.25) is 0 Å². The largest absolute Gasteiger partial charge is 0.361 e. The van der Waals surface area contributed by atoms with Gasteiger partial charge in [0.05, 0.1) is 6.21 Å². The van der Waals surface area contributed by atoms with Crippen molar-refractivity contribution in [2.24, 2.45) is 5.10 Å². The van der Waals surface area contributed by atoms with Gasteiger partial charge in [0.25, 0.3) is 0 Å². The Kier molecular flexibility index (Phi) is 4.07. The van der Waals surface area contributed by atoms with Crippen molar-refractivity contribution in [1.29, 1.82) is 0 Å². The van der Waals surface area contributed by atoms with E-state index in [9.17, 15) is 4.79 Å². The van der Waals surface area contributed by atoms with E-state index in [1.54, 1.807) is 30.5 Å². The second-order valence-electron chi connectivity index (χ2n) is 4.62. The average molecular weight is 313 g/mol. The number of aromatic amines is 1. The van der Waals surface area contributed by atoms with Gasteiger partial charge in [-0.25, -0.2) is 10.2 Å². The quantitative estimate of drug-likeness (QED) is 0.497. The number of hydrogen-bond acceptors (Lipinski definition) is 2. The number of amides is 2. The van der Waals surface area contributed by atoms with Gasteiger partial charge >= 0.3 is 6.03 Å². The minimum atomic E-state index is -0.432. The zero-order chi connectivity index (χ0) is 15.4. The number of nitrogens with one attached hydrogen (secondary N) is 3. The van der Waals surface area contributed by atoms with Crippen molar-refractivity contribution in [1.82, 2.24) is 10.4 Å². The van der Waals surface area contributed by atoms with E-state index in [4.69, 9.17) is 11.6 Å². The van der Waals surface area contributed by atoms with E-state index in [1.807, 2.05) is 30.5 Å². The molecule has 0 bridgehead atoms. The minimum absolute atomic E-state index is 0.432. The summed E-state index contributed by atoms with van der Waals surface area (Å²) in [6, 6.07) is 14.3. The van der Waals surface area contributed by atoms with Crippen molar-refractivity contribution in [3.63, 3.8) is 0 Å². The summed E-state index contributed by atoms with van der Waals surface area (Å²) < 4.78 is 0. The van der Waals surface area contributed by atoms with Gasteiger partial charge in [-0.05, 0) is 24.3 Å². The molecule has 3 aromatic rings. The third kappa shape index (κ3) is 3.27. The second kappa shape index (κ2) is 6.32. The number of urea groups is 1. The summed E-state index contributed by atoms with van der Waals surface area (Å²) in [5, 5.41) is 8.19. The molecule has 0 radical (unpaired) electrons. The van der Waals surface area contributed by atoms with E-state index < -0.39 is 6.03 Å². The molecule has 2 aromatic carbocycles. The van der Waals surface area contributed by atoms with Gasteiger partial charge in [0.15, 0.2) is 0 Å². The van der Waals surface area contributed by atoms with Gasteiger partial charge in [0.1, 0.15) is 0 Å². The highest BCUT2D eigenvalue weighted by Crippen LogP contribution is 2.16. The van der Waals surface area contributed by atoms with E-state index in [1.165, 1.54) is 0 Å². The molecule has 0 saturated carbocycles. The molecule has 3 rings (SSSR count). The van der Waals surface area contributed by atoms with Gasteiger partial charge in [-0.2, -0.15) is 5.10 Å². The fourth-order valence-corrected chi connectivity index (χ4v) is 2.28. The number of aromatic nitrogens is 1. The Morgan fingerprint density at radius 2 is 2.05 bits per heavy atom. The molecule has 2 amide bonds. The summed E-state index contributed by atoms with van der Waals surface area (Å²) >= 11 is 5.85. The topological polar surface area (TPSA) is 69.3 Å². The number of fused-ring (bicyclic) bond motifs is 1. The zero-order valence-electron chi connectivity index (χ0n) is 11.5. The maximum absolute atomic E-state index is 11.7. The number of carbonyl (C=O) groups excluding carboxylic acids is 1. The van der Waals surface area contributed by atoms with Crippen LogP contribution in [0.2, 0.25) is 5.02 Å². The summed E-state index contributed by atoms with van der Waals surface area (Å²) in [5.41, 5.74) is 4.94. The first-order valence-corrected chi connectivity index (χ1v) is 7.02. The van der Waals surface area contributed by atoms with Crippen molar-refractivity contribution in [3.8, 4) is 0 Å². The molecule has 1 heterocycles. The maximum atomic E-state index is 11.7. The molecule has 1 aromatic heterocycles. The Balaban J connectivity index is 1.63. The molecule has 0 aliphatic carbocycles. The Morgan fingerprint density at radius 3 is 2.91 bits per heavy atom. The van der Waals surface area contributed by atoms with Crippen LogP contribution >= 0.6 is 11.6 Å². The molecule has 0 aliphatic heterocycles. The molecule has 0 atom stereocenters. The SMILES string of the molecule is O=C(N/N=C\c1c[nH]c2ccccc12)Nc1cccc(Cl)c1. The number of carbonyl (C=O) groups is 1. The van der Waals surface area contributed by atoms with Crippen LogP contribution in [0.1, 0.15) is 5.56 Å². The number of anilines is 1. The molecule has 0 saturated heterocycles. The highest BCUT2D eigenvalue weighted by molar-refractivity contribution is 6.30. The molecule has 0 fully saturated rings. The van der Waals surface area contributed by atoms with Crippen LogP contribution in [-0.2, 0) is 0 Å². The zero-order valence-corrected chi connectivity index (χ0v) is 12.3. The highest BCUT2D eigenvalue weighted by Gasteiger charge is 2.02. The van der Waals surface area contributed by atoms with Crippen LogP contribution < -0.4 is 10.7 Å². The molecule has 110 valence electrons. The Hall–Kier alpha value is -2.79. The third-order valence-corrected chi connectivity index (χ3v) is 3.31. The van der Waals surface area contributed by atoms with Gasteiger partial charge < -0.3 is 10.3 Å². The smallest absolute Gasteiger partial charge is 0.339 e. The fourth-order valence-electron chi connectivity index (χ4n) is 2.09. The molecule has 0 spiro atoms. The lowest BCUT2D eigenvalue weighted by Gasteiger charge is -2.03. The third-order valence-electron chi connectivity index (χ3n) is 3.07. The number of H-pyrrole nitrogens is 1. The normalized spacial score (nSPS) is 11.0. The number of para-hydroxylation sites is 1. The molecule has 0 unspecified atom stereocenters. The molecule has 3 N–H and O–H groups in total. The predicted octanol–water partition coefficient (Wildman–Crippen LogP) is 3.98. The number of halogens is 1. The van der Waals surface area contributed by atoms with Crippen LogP contribution in [0.25, 0.3) is 10.9 Å². The van der Waals surface area contributed by atoms with Crippen LogP contribution in [0.3, 0.4) is 0 Å². The van der Waals surface area contributed by atoms with Crippen molar-refractivity contribution in [2.45, 2.75) is 0 Å². The molecular formula is C16H13ClN4O. The second-order valence-corrected chi connectivity index (χ2v) is 5.06. The van der Waals surface area contributed by atoms with Crippen LogP contribution in [0, 0.1) is 0 Å². The van der Waals surface area contributed by atoms with Crippen LogP contribution in [0.5, 0.6) is 0 Å². The van der Waals surface area contributed by atoms with Gasteiger partial charge in [-0.1, -0.05) is 35.9 Å². The molecule has 5 nitrogen and oxygen atoms in total. The summed E-state index contributed by atoms with van der Waals surface area (Å²) in [4.78, 5) is 14.9. The number of benzene rings is 2. The monoisotopic (exact) mass is 312 g/mol.